The van der Waals surface area contributed by atoms with Gasteiger partial charge in [0, 0.05) is 6.54 Å². The van der Waals surface area contributed by atoms with Crippen LogP contribution in [0.2, 0.25) is 0 Å². The molecule has 2 aromatic heterocycles. The molecule has 1 aliphatic rings. The average Bonchev–Trinajstić information content (AvgIpc) is 3.17. The number of carbonyl (C=O) groups is 1. The summed E-state index contributed by atoms with van der Waals surface area (Å²) in [6, 6.07) is 0. The molecule has 0 unspecified atom stereocenters. The first kappa shape index (κ1) is 32.0. The summed E-state index contributed by atoms with van der Waals surface area (Å²) in [7, 11) is -5.39. The quantitative estimate of drug-likeness (QED) is 0.176. The van der Waals surface area contributed by atoms with Crippen molar-refractivity contribution in [2.75, 3.05) is 18.9 Å². The maximum Gasteiger partial charge on any atom is 2.00 e. The molecule has 7 N–H and O–H groups in total. The van der Waals surface area contributed by atoms with Crippen LogP contribution in [0.3, 0.4) is 0 Å². The van der Waals surface area contributed by atoms with E-state index >= 15 is 0 Å². The third kappa shape index (κ3) is 9.84. The van der Waals surface area contributed by atoms with Crippen LogP contribution in [-0.4, -0.2) is 72.3 Å². The molecular formula is C12H17Mn2N6O10P. The number of aliphatic hydroxyl groups is 3. The van der Waals surface area contributed by atoms with Crippen LogP contribution < -0.4 is 31.3 Å². The third-order valence-electron chi connectivity index (χ3n) is 3.35. The summed E-state index contributed by atoms with van der Waals surface area (Å²) in [4.78, 5) is 46.7. The number of carbonyl (C=O) groups excluding carboxylic acids is 1. The molecule has 0 saturated carbocycles. The predicted octanol–water partition coefficient (Wildman–Crippen LogP) is -7.11. The van der Waals surface area contributed by atoms with Crippen molar-refractivity contribution in [1.82, 2.24) is 19.5 Å². The van der Waals surface area contributed by atoms with Crippen molar-refractivity contribution < 1.29 is 83.3 Å². The van der Waals surface area contributed by atoms with E-state index in [2.05, 4.69) is 20.7 Å². The van der Waals surface area contributed by atoms with Gasteiger partial charge in [0.2, 0.25) is 0 Å². The summed E-state index contributed by atoms with van der Waals surface area (Å²) >= 11 is 0. The SMILES string of the molecule is NCC(=O)[O-].Nc1ncnc2c1ncn2[C@@H]1O[C@H](CO)[C@@H](O)[C@H]1O.O=P([O-])([O-])[O-].[Mn+2].[Mn+2]. The van der Waals surface area contributed by atoms with Gasteiger partial charge in [-0.3, -0.25) is 4.57 Å². The molecule has 3 heterocycles. The molecule has 2 aromatic rings. The molecule has 1 fully saturated rings. The van der Waals surface area contributed by atoms with Gasteiger partial charge in [-0.05, 0) is 0 Å². The van der Waals surface area contributed by atoms with E-state index in [0.717, 1.165) is 0 Å². The van der Waals surface area contributed by atoms with Gasteiger partial charge < -0.3 is 60.7 Å². The van der Waals surface area contributed by atoms with Gasteiger partial charge >= 0.3 is 34.1 Å². The van der Waals surface area contributed by atoms with E-state index in [9.17, 15) is 10.2 Å². The van der Waals surface area contributed by atoms with Crippen molar-refractivity contribution in [2.45, 2.75) is 24.5 Å². The Kier molecular flexibility index (Phi) is 14.5. The van der Waals surface area contributed by atoms with Crippen molar-refractivity contribution >= 4 is 30.8 Å². The first-order valence-electron chi connectivity index (χ1n) is 7.59. The largest absolute Gasteiger partial charge is 2.00 e. The van der Waals surface area contributed by atoms with Gasteiger partial charge in [0.15, 0.2) is 17.7 Å². The number of nitrogens with two attached hydrogens (primary N) is 2. The van der Waals surface area contributed by atoms with Gasteiger partial charge in [0.25, 0.3) is 0 Å². The minimum atomic E-state index is -5.39. The zero-order valence-corrected chi connectivity index (χ0v) is 18.5. The van der Waals surface area contributed by atoms with E-state index in [-0.39, 0.29) is 46.5 Å². The molecule has 16 nitrogen and oxygen atoms in total. The molecule has 1 aliphatic heterocycles. The van der Waals surface area contributed by atoms with Crippen LogP contribution in [0, 0.1) is 0 Å². The second-order valence-electron chi connectivity index (χ2n) is 5.34. The number of hydrogen-bond acceptors (Lipinski definition) is 15. The number of aromatic nitrogens is 4. The van der Waals surface area contributed by atoms with Gasteiger partial charge in [-0.15, -0.1) is 0 Å². The molecule has 174 valence electrons. The predicted molar refractivity (Wildman–Crippen MR) is 84.4 cm³/mol. The number of rotatable bonds is 3. The molecule has 0 aromatic carbocycles. The molecule has 0 spiro atoms. The van der Waals surface area contributed by atoms with E-state index in [1.54, 1.807) is 0 Å². The standard InChI is InChI=1S/C10H13N5O4.C2H5NO2.2Mn.H3O4P/c11-8-5-9(13-2-12-8)15(3-14-5)10-7(18)6(17)4(1-16)19-10;3-1-2(4)5;;;1-5(2,3)4/h2-4,6-7,10,16-18H,1H2,(H2,11,12,13);1,3H2,(H,4,5);;;(H3,1,2,3,4)/q;;2*+2;/p-4/t4-,6-,7-,10-;;;;/m1..../s1. The summed E-state index contributed by atoms with van der Waals surface area (Å²) in [5.74, 6) is -1.000. The summed E-state index contributed by atoms with van der Waals surface area (Å²) in [5, 5.41) is 37.9. The fraction of sp³-hybridized carbons (Fsp3) is 0.500. The number of carboxylic acid groups (broad SMARTS) is 1. The van der Waals surface area contributed by atoms with E-state index in [1.807, 2.05) is 0 Å². The zero-order valence-electron chi connectivity index (χ0n) is 15.2. The van der Waals surface area contributed by atoms with Crippen LogP contribution in [0.15, 0.2) is 12.7 Å². The fourth-order valence-electron chi connectivity index (χ4n) is 2.17. The number of nitrogen functional groups attached to an aromatic ring is 1. The third-order valence-corrected chi connectivity index (χ3v) is 3.35. The van der Waals surface area contributed by atoms with E-state index < -0.39 is 44.9 Å². The smallest absolute Gasteiger partial charge is 0.822 e. The number of aliphatic carboxylic acids is 1. The van der Waals surface area contributed by atoms with Crippen molar-refractivity contribution in [2.24, 2.45) is 5.73 Å². The Morgan fingerprint density at radius 1 is 1.19 bits per heavy atom. The van der Waals surface area contributed by atoms with Crippen LogP contribution >= 0.6 is 7.82 Å². The summed E-state index contributed by atoms with van der Waals surface area (Å²) < 4.78 is 15.4. The molecule has 4 atom stereocenters. The second kappa shape index (κ2) is 14.0. The molecule has 3 rings (SSSR count). The molecule has 0 amide bonds. The monoisotopic (exact) mass is 546 g/mol. The van der Waals surface area contributed by atoms with Crippen LogP contribution in [0.5, 0.6) is 0 Å². The molecule has 0 aliphatic carbocycles. The van der Waals surface area contributed by atoms with Crippen molar-refractivity contribution in [3.8, 4) is 0 Å². The van der Waals surface area contributed by atoms with Crippen molar-refractivity contribution in [3.63, 3.8) is 0 Å². The number of hydrogen-bond donors (Lipinski definition) is 5. The second-order valence-corrected chi connectivity index (χ2v) is 6.23. The number of anilines is 1. The van der Waals surface area contributed by atoms with Gasteiger partial charge in [0.1, 0.15) is 30.2 Å². The van der Waals surface area contributed by atoms with Crippen LogP contribution in [0.4, 0.5) is 5.82 Å². The Labute approximate surface area is 195 Å². The van der Waals surface area contributed by atoms with Crippen molar-refractivity contribution in [1.29, 1.82) is 0 Å². The first-order valence-corrected chi connectivity index (χ1v) is 9.05. The van der Waals surface area contributed by atoms with Gasteiger partial charge in [-0.25, -0.2) is 15.0 Å². The Balaban J connectivity index is 0. The minimum Gasteiger partial charge on any atom is -0.822 e. The number of phosphoric acid groups is 1. The van der Waals surface area contributed by atoms with Gasteiger partial charge in [-0.1, -0.05) is 0 Å². The van der Waals surface area contributed by atoms with E-state index in [0.29, 0.717) is 11.2 Å². The molecule has 1 saturated heterocycles. The normalized spacial score (nSPS) is 22.2. The molecular weight excluding hydrogens is 529 g/mol. The molecule has 2 radical (unpaired) electrons. The fourth-order valence-corrected chi connectivity index (χ4v) is 2.17. The number of fused-ring (bicyclic) bond motifs is 1. The van der Waals surface area contributed by atoms with Crippen LogP contribution in [-0.2, 0) is 48.2 Å². The minimum absolute atomic E-state index is 0. The molecule has 0 bridgehead atoms. The Bertz CT molecular complexity index is 861. The Morgan fingerprint density at radius 3 is 2.13 bits per heavy atom. The first-order chi connectivity index (χ1) is 13.4. The summed E-state index contributed by atoms with van der Waals surface area (Å²) in [5.41, 5.74) is 11.0. The van der Waals surface area contributed by atoms with Crippen LogP contribution in [0.1, 0.15) is 6.23 Å². The summed E-state index contributed by atoms with van der Waals surface area (Å²) in [6.07, 6.45) is -1.42. The maximum absolute atomic E-state index is 9.95. The van der Waals surface area contributed by atoms with Crippen molar-refractivity contribution in [3.05, 3.63) is 12.7 Å². The maximum atomic E-state index is 9.95. The Hall–Kier alpha value is -1.23. The zero-order chi connectivity index (χ0) is 22.4. The number of carboxylic acids is 1. The molecule has 19 heteroatoms. The Morgan fingerprint density at radius 2 is 1.71 bits per heavy atom. The average molecular weight is 546 g/mol. The van der Waals surface area contributed by atoms with Gasteiger partial charge in [0.05, 0.1) is 18.9 Å². The molecule has 31 heavy (non-hydrogen) atoms. The topological polar surface area (TPSA) is 292 Å². The van der Waals surface area contributed by atoms with Gasteiger partial charge in [-0.2, -0.15) is 7.82 Å². The number of ether oxygens (including phenoxy) is 1. The van der Waals surface area contributed by atoms with E-state index in [1.165, 1.54) is 17.2 Å². The number of aliphatic hydroxyl groups excluding tert-OH is 3. The number of nitrogens with zero attached hydrogens (tertiary/aromatic N) is 4. The van der Waals surface area contributed by atoms with Crippen LogP contribution in [0.25, 0.3) is 11.2 Å². The van der Waals surface area contributed by atoms with E-state index in [4.69, 9.17) is 44.7 Å². The summed E-state index contributed by atoms with van der Waals surface area (Å²) in [6.45, 7) is -0.779. The number of imidazole rings is 1.